The average Bonchev–Trinajstić information content (AvgIpc) is 2.93. The predicted octanol–water partition coefficient (Wildman–Crippen LogP) is 3.56. The van der Waals surface area contributed by atoms with E-state index in [4.69, 9.17) is 0 Å². The Labute approximate surface area is 186 Å². The van der Waals surface area contributed by atoms with E-state index >= 15 is 0 Å². The SMILES string of the molecule is CC(=O)N1CCCN2C(C(c3ccccc3)c3ccccc3)CNC[C@@H]2C1.Cl.Cl. The summed E-state index contributed by atoms with van der Waals surface area (Å²) in [6.45, 7) is 6.38. The number of hydrogen-bond donors (Lipinski definition) is 1. The van der Waals surface area contributed by atoms with E-state index in [2.05, 4.69) is 70.9 Å². The van der Waals surface area contributed by atoms with E-state index in [9.17, 15) is 4.79 Å². The lowest BCUT2D eigenvalue weighted by Gasteiger charge is -2.45. The zero-order valence-corrected chi connectivity index (χ0v) is 18.5. The van der Waals surface area contributed by atoms with Crippen molar-refractivity contribution >= 4 is 30.7 Å². The number of nitrogens with one attached hydrogen (secondary N) is 1. The number of rotatable bonds is 3. The van der Waals surface area contributed by atoms with Gasteiger partial charge >= 0.3 is 0 Å². The number of benzene rings is 2. The molecule has 4 nitrogen and oxygen atoms in total. The zero-order chi connectivity index (χ0) is 18.6. The fourth-order valence-electron chi connectivity index (χ4n) is 4.76. The van der Waals surface area contributed by atoms with Crippen LogP contribution in [-0.2, 0) is 4.79 Å². The number of hydrogen-bond acceptors (Lipinski definition) is 3. The Hall–Kier alpha value is -1.59. The van der Waals surface area contributed by atoms with Crippen molar-refractivity contribution in [3.05, 3.63) is 71.8 Å². The molecule has 0 radical (unpaired) electrons. The van der Waals surface area contributed by atoms with Crippen LogP contribution in [0.2, 0.25) is 0 Å². The molecule has 2 fully saturated rings. The monoisotopic (exact) mass is 435 g/mol. The van der Waals surface area contributed by atoms with Crippen LogP contribution in [0.25, 0.3) is 0 Å². The molecule has 2 aliphatic heterocycles. The highest BCUT2D eigenvalue weighted by Crippen LogP contribution is 2.33. The van der Waals surface area contributed by atoms with E-state index in [0.717, 1.165) is 39.1 Å². The molecule has 0 aliphatic carbocycles. The van der Waals surface area contributed by atoms with Gasteiger partial charge in [-0.05, 0) is 17.5 Å². The lowest BCUT2D eigenvalue weighted by atomic mass is 9.82. The quantitative estimate of drug-likeness (QED) is 0.800. The topological polar surface area (TPSA) is 35.6 Å². The number of fused-ring (bicyclic) bond motifs is 1. The first-order valence-corrected chi connectivity index (χ1v) is 10.1. The molecule has 2 saturated heterocycles. The summed E-state index contributed by atoms with van der Waals surface area (Å²) in [7, 11) is 0. The Balaban J connectivity index is 0.00000150. The smallest absolute Gasteiger partial charge is 0.219 e. The first-order chi connectivity index (χ1) is 13.2. The van der Waals surface area contributed by atoms with Crippen molar-refractivity contribution in [1.82, 2.24) is 15.1 Å². The molecule has 2 aliphatic rings. The van der Waals surface area contributed by atoms with Gasteiger partial charge in [0.25, 0.3) is 0 Å². The lowest BCUT2D eigenvalue weighted by Crippen LogP contribution is -2.61. The second kappa shape index (κ2) is 11.0. The normalized spacial score (nSPS) is 22.1. The molecule has 0 bridgehead atoms. The van der Waals surface area contributed by atoms with E-state index in [-0.39, 0.29) is 30.7 Å². The molecule has 158 valence electrons. The van der Waals surface area contributed by atoms with Crippen LogP contribution in [0.15, 0.2) is 60.7 Å². The third-order valence-corrected chi connectivity index (χ3v) is 6.05. The van der Waals surface area contributed by atoms with Crippen molar-refractivity contribution in [1.29, 1.82) is 0 Å². The van der Waals surface area contributed by atoms with Crippen molar-refractivity contribution in [3.63, 3.8) is 0 Å². The molecule has 1 N–H and O–H groups in total. The highest BCUT2D eigenvalue weighted by molar-refractivity contribution is 5.85. The number of nitrogens with zero attached hydrogens (tertiary/aromatic N) is 2. The number of carbonyl (C=O) groups excluding carboxylic acids is 1. The third-order valence-electron chi connectivity index (χ3n) is 6.05. The van der Waals surface area contributed by atoms with Gasteiger partial charge in [-0.15, -0.1) is 24.8 Å². The molecule has 2 aromatic carbocycles. The number of amides is 1. The molecular formula is C23H31Cl2N3O. The van der Waals surface area contributed by atoms with Gasteiger partial charge in [-0.2, -0.15) is 0 Å². The molecule has 6 heteroatoms. The van der Waals surface area contributed by atoms with Gasteiger partial charge in [0.15, 0.2) is 0 Å². The van der Waals surface area contributed by atoms with Crippen molar-refractivity contribution in [2.75, 3.05) is 32.7 Å². The van der Waals surface area contributed by atoms with Crippen LogP contribution in [0.5, 0.6) is 0 Å². The van der Waals surface area contributed by atoms with Crippen LogP contribution in [0.4, 0.5) is 0 Å². The lowest BCUT2D eigenvalue weighted by molar-refractivity contribution is -0.129. The summed E-state index contributed by atoms with van der Waals surface area (Å²) in [4.78, 5) is 16.7. The van der Waals surface area contributed by atoms with Crippen molar-refractivity contribution < 1.29 is 4.79 Å². The van der Waals surface area contributed by atoms with E-state index in [1.807, 2.05) is 4.90 Å². The summed E-state index contributed by atoms with van der Waals surface area (Å²) in [6, 6.07) is 22.5. The Morgan fingerprint density at radius 2 is 1.52 bits per heavy atom. The summed E-state index contributed by atoms with van der Waals surface area (Å²) in [5.74, 6) is 0.522. The summed E-state index contributed by atoms with van der Waals surface area (Å²) in [6.07, 6.45) is 1.04. The first-order valence-electron chi connectivity index (χ1n) is 10.1. The molecular weight excluding hydrogens is 405 g/mol. The molecule has 0 spiro atoms. The van der Waals surface area contributed by atoms with Crippen LogP contribution in [0, 0.1) is 0 Å². The van der Waals surface area contributed by atoms with E-state index in [0.29, 0.717) is 18.0 Å². The van der Waals surface area contributed by atoms with Crippen molar-refractivity contribution in [2.45, 2.75) is 31.3 Å². The van der Waals surface area contributed by atoms with Crippen LogP contribution < -0.4 is 5.32 Å². The maximum atomic E-state index is 12.0. The van der Waals surface area contributed by atoms with Gasteiger partial charge < -0.3 is 10.2 Å². The second-order valence-corrected chi connectivity index (χ2v) is 7.73. The average molecular weight is 436 g/mol. The molecule has 0 aromatic heterocycles. The summed E-state index contributed by atoms with van der Waals surface area (Å²) in [5.41, 5.74) is 2.73. The molecule has 4 rings (SSSR count). The van der Waals surface area contributed by atoms with E-state index in [1.165, 1.54) is 11.1 Å². The van der Waals surface area contributed by atoms with Crippen molar-refractivity contribution in [2.24, 2.45) is 0 Å². The molecule has 29 heavy (non-hydrogen) atoms. The summed E-state index contributed by atoms with van der Waals surface area (Å²) >= 11 is 0. The van der Waals surface area contributed by atoms with Gasteiger partial charge in [0.1, 0.15) is 0 Å². The predicted molar refractivity (Wildman–Crippen MR) is 123 cm³/mol. The number of piperazine rings is 1. The maximum absolute atomic E-state index is 12.0. The largest absolute Gasteiger partial charge is 0.341 e. The summed E-state index contributed by atoms with van der Waals surface area (Å²) in [5, 5.41) is 3.66. The van der Waals surface area contributed by atoms with Gasteiger partial charge in [0.2, 0.25) is 5.91 Å². The van der Waals surface area contributed by atoms with Crippen molar-refractivity contribution in [3.8, 4) is 0 Å². The summed E-state index contributed by atoms with van der Waals surface area (Å²) < 4.78 is 0. The Kier molecular flexibility index (Phi) is 8.97. The third kappa shape index (κ3) is 5.32. The Morgan fingerprint density at radius 1 is 0.931 bits per heavy atom. The highest BCUT2D eigenvalue weighted by Gasteiger charge is 2.38. The molecule has 2 aromatic rings. The second-order valence-electron chi connectivity index (χ2n) is 7.73. The number of halogens is 2. The van der Waals surface area contributed by atoms with Crippen LogP contribution >= 0.6 is 24.8 Å². The highest BCUT2D eigenvalue weighted by atomic mass is 35.5. The molecule has 0 saturated carbocycles. The standard InChI is InChI=1S/C23H29N3O.2ClH/c1-18(27)25-13-8-14-26-21(17-25)15-24-16-22(26)23(19-9-4-2-5-10-19)20-11-6-3-7-12-20;;/h2-7,9-12,21-24H,8,13-17H2,1H3;2*1H/t21-,22?;;/m1../s1. The van der Waals surface area contributed by atoms with E-state index in [1.54, 1.807) is 6.92 Å². The Morgan fingerprint density at radius 3 is 2.07 bits per heavy atom. The van der Waals surface area contributed by atoms with Gasteiger partial charge in [-0.25, -0.2) is 0 Å². The maximum Gasteiger partial charge on any atom is 0.219 e. The Bertz CT molecular complexity index is 720. The van der Waals surface area contributed by atoms with Crippen LogP contribution in [0.1, 0.15) is 30.4 Å². The van der Waals surface area contributed by atoms with Gasteiger partial charge in [-0.3, -0.25) is 9.69 Å². The minimum atomic E-state index is 0. The van der Waals surface area contributed by atoms with Gasteiger partial charge in [0, 0.05) is 57.6 Å². The minimum absolute atomic E-state index is 0. The van der Waals surface area contributed by atoms with Gasteiger partial charge in [-0.1, -0.05) is 60.7 Å². The van der Waals surface area contributed by atoms with Gasteiger partial charge in [0.05, 0.1) is 0 Å². The molecule has 1 amide bonds. The minimum Gasteiger partial charge on any atom is -0.341 e. The zero-order valence-electron chi connectivity index (χ0n) is 16.9. The molecule has 2 atom stereocenters. The number of carbonyl (C=O) groups is 1. The van der Waals surface area contributed by atoms with Crippen LogP contribution in [0.3, 0.4) is 0 Å². The van der Waals surface area contributed by atoms with Crippen LogP contribution in [-0.4, -0.2) is 60.5 Å². The molecule has 2 heterocycles. The van der Waals surface area contributed by atoms with E-state index < -0.39 is 0 Å². The fraction of sp³-hybridized carbons (Fsp3) is 0.435. The first kappa shape index (κ1) is 23.7. The molecule has 1 unspecified atom stereocenters. The fourth-order valence-corrected chi connectivity index (χ4v) is 4.76.